The van der Waals surface area contributed by atoms with Crippen LogP contribution in [0.5, 0.6) is 0 Å². The molecule has 0 bridgehead atoms. The molecule has 4 heterocycles. The molecule has 164 valence electrons. The monoisotopic (exact) mass is 429 g/mol. The fraction of sp³-hybridized carbons (Fsp3) is 0.696. The molecule has 0 radical (unpaired) electrons. The van der Waals surface area contributed by atoms with E-state index in [9.17, 15) is 4.79 Å². The van der Waals surface area contributed by atoms with Crippen LogP contribution in [0.15, 0.2) is 6.33 Å². The van der Waals surface area contributed by atoms with Crippen molar-refractivity contribution in [3.05, 3.63) is 16.8 Å². The summed E-state index contributed by atoms with van der Waals surface area (Å²) in [4.78, 5) is 29.0. The van der Waals surface area contributed by atoms with Crippen LogP contribution in [0.3, 0.4) is 0 Å². The molecule has 7 heteroatoms. The molecule has 1 amide bonds. The first-order chi connectivity index (χ1) is 14.5. The molecule has 6 nitrogen and oxygen atoms in total. The normalized spacial score (nSPS) is 21.3. The highest BCUT2D eigenvalue weighted by Gasteiger charge is 2.27. The number of aromatic nitrogens is 2. The molecule has 1 unspecified atom stereocenters. The molecule has 4 rings (SSSR count). The Bertz CT molecular complexity index is 874. The van der Waals surface area contributed by atoms with Gasteiger partial charge in [0.1, 0.15) is 17.0 Å². The third-order valence-electron chi connectivity index (χ3n) is 6.80. The first-order valence-corrected chi connectivity index (χ1v) is 12.3. The Kier molecular flexibility index (Phi) is 6.88. The van der Waals surface area contributed by atoms with E-state index in [2.05, 4.69) is 45.9 Å². The van der Waals surface area contributed by atoms with Crippen LogP contribution in [0.25, 0.3) is 10.2 Å². The number of rotatable bonds is 6. The maximum atomic E-state index is 12.6. The summed E-state index contributed by atoms with van der Waals surface area (Å²) in [5.41, 5.74) is 1.29. The number of thiophene rings is 1. The summed E-state index contributed by atoms with van der Waals surface area (Å²) in [5.74, 6) is 2.21. The van der Waals surface area contributed by atoms with Gasteiger partial charge in [-0.1, -0.05) is 6.92 Å². The SMILES string of the molecule is Cc1sc2ncnc(N3CCC(C(=O)NCCCN4CCCC(C)C4)CC3)c2c1C. The van der Waals surface area contributed by atoms with Crippen molar-refractivity contribution in [1.82, 2.24) is 20.2 Å². The topological polar surface area (TPSA) is 61.4 Å². The van der Waals surface area contributed by atoms with E-state index in [1.54, 1.807) is 17.7 Å². The number of nitrogens with one attached hydrogen (secondary N) is 1. The van der Waals surface area contributed by atoms with E-state index in [0.717, 1.165) is 62.0 Å². The molecule has 0 aliphatic carbocycles. The highest BCUT2D eigenvalue weighted by atomic mass is 32.1. The number of nitrogens with zero attached hydrogens (tertiary/aromatic N) is 4. The van der Waals surface area contributed by atoms with Gasteiger partial charge in [0.2, 0.25) is 5.91 Å². The zero-order valence-electron chi connectivity index (χ0n) is 18.6. The summed E-state index contributed by atoms with van der Waals surface area (Å²) in [6.45, 7) is 12.7. The van der Waals surface area contributed by atoms with Gasteiger partial charge in [-0.05, 0) is 70.5 Å². The molecule has 0 aromatic carbocycles. The molecule has 2 fully saturated rings. The number of anilines is 1. The first kappa shape index (κ1) is 21.5. The summed E-state index contributed by atoms with van der Waals surface area (Å²) >= 11 is 1.74. The average molecular weight is 430 g/mol. The Balaban J connectivity index is 1.24. The summed E-state index contributed by atoms with van der Waals surface area (Å²) in [6.07, 6.45) is 7.18. The number of likely N-dealkylation sites (tertiary alicyclic amines) is 1. The predicted octanol–water partition coefficient (Wildman–Crippen LogP) is 3.76. The Morgan fingerprint density at radius 3 is 2.77 bits per heavy atom. The lowest BCUT2D eigenvalue weighted by molar-refractivity contribution is -0.125. The predicted molar refractivity (Wildman–Crippen MR) is 124 cm³/mol. The Morgan fingerprint density at radius 1 is 1.20 bits per heavy atom. The van der Waals surface area contributed by atoms with Gasteiger partial charge < -0.3 is 15.1 Å². The van der Waals surface area contributed by atoms with E-state index in [-0.39, 0.29) is 11.8 Å². The van der Waals surface area contributed by atoms with Gasteiger partial charge >= 0.3 is 0 Å². The highest BCUT2D eigenvalue weighted by Crippen LogP contribution is 2.35. The van der Waals surface area contributed by atoms with Crippen LogP contribution in [0.2, 0.25) is 0 Å². The van der Waals surface area contributed by atoms with Crippen molar-refractivity contribution >= 4 is 33.3 Å². The van der Waals surface area contributed by atoms with Crippen molar-refractivity contribution in [2.75, 3.05) is 44.2 Å². The van der Waals surface area contributed by atoms with Gasteiger partial charge in [0.25, 0.3) is 0 Å². The number of aryl methyl sites for hydroxylation is 2. The molecular formula is C23H35N5OS. The highest BCUT2D eigenvalue weighted by molar-refractivity contribution is 7.18. The first-order valence-electron chi connectivity index (χ1n) is 11.5. The quantitative estimate of drug-likeness (QED) is 0.709. The van der Waals surface area contributed by atoms with Crippen LogP contribution in [0.4, 0.5) is 5.82 Å². The fourth-order valence-corrected chi connectivity index (χ4v) is 5.90. The van der Waals surface area contributed by atoms with Gasteiger partial charge in [-0.2, -0.15) is 0 Å². The summed E-state index contributed by atoms with van der Waals surface area (Å²) < 4.78 is 0. The molecule has 2 saturated heterocycles. The van der Waals surface area contributed by atoms with Gasteiger partial charge in [-0.3, -0.25) is 4.79 Å². The van der Waals surface area contributed by atoms with Crippen LogP contribution in [-0.2, 0) is 4.79 Å². The Hall–Kier alpha value is -1.73. The summed E-state index contributed by atoms with van der Waals surface area (Å²) in [6, 6.07) is 0. The van der Waals surface area contributed by atoms with Crippen molar-refractivity contribution < 1.29 is 4.79 Å². The molecular weight excluding hydrogens is 394 g/mol. The van der Waals surface area contributed by atoms with Gasteiger partial charge in [-0.25, -0.2) is 9.97 Å². The summed E-state index contributed by atoms with van der Waals surface area (Å²) in [5, 5.41) is 4.38. The molecule has 2 aliphatic rings. The second-order valence-corrected chi connectivity index (χ2v) is 10.3. The molecule has 0 spiro atoms. The van der Waals surface area contributed by atoms with Crippen molar-refractivity contribution in [1.29, 1.82) is 0 Å². The second-order valence-electron chi connectivity index (χ2n) is 9.11. The van der Waals surface area contributed by atoms with E-state index in [1.165, 1.54) is 41.8 Å². The van der Waals surface area contributed by atoms with E-state index in [1.807, 2.05) is 0 Å². The van der Waals surface area contributed by atoms with Crippen molar-refractivity contribution in [3.8, 4) is 0 Å². The smallest absolute Gasteiger partial charge is 0.223 e. The third kappa shape index (κ3) is 4.78. The molecule has 2 aromatic rings. The number of amides is 1. The van der Waals surface area contributed by atoms with E-state index in [0.29, 0.717) is 0 Å². The zero-order valence-corrected chi connectivity index (χ0v) is 19.4. The maximum absolute atomic E-state index is 12.6. The van der Waals surface area contributed by atoms with Gasteiger partial charge in [0, 0.05) is 37.0 Å². The van der Waals surface area contributed by atoms with E-state index >= 15 is 0 Å². The van der Waals surface area contributed by atoms with Gasteiger partial charge in [0.15, 0.2) is 0 Å². The Labute approximate surface area is 184 Å². The molecule has 30 heavy (non-hydrogen) atoms. The van der Waals surface area contributed by atoms with Gasteiger partial charge in [0.05, 0.1) is 5.39 Å². The molecule has 1 N–H and O–H groups in total. The number of piperidine rings is 2. The number of carbonyl (C=O) groups is 1. The van der Waals surface area contributed by atoms with Crippen LogP contribution in [-0.4, -0.2) is 60.0 Å². The zero-order chi connectivity index (χ0) is 21.1. The second kappa shape index (κ2) is 9.60. The molecule has 2 aliphatic heterocycles. The fourth-order valence-electron chi connectivity index (χ4n) is 4.91. The minimum Gasteiger partial charge on any atom is -0.356 e. The lowest BCUT2D eigenvalue weighted by Gasteiger charge is -2.33. The number of hydrogen-bond acceptors (Lipinski definition) is 6. The van der Waals surface area contributed by atoms with Crippen LogP contribution < -0.4 is 10.2 Å². The van der Waals surface area contributed by atoms with Crippen LogP contribution >= 0.6 is 11.3 Å². The minimum absolute atomic E-state index is 0.124. The standard InChI is InChI=1S/C23H35N5OS/c1-16-6-4-10-27(14-16)11-5-9-24-22(29)19-7-12-28(13-8-19)21-20-17(2)18(3)30-23(20)26-15-25-21/h15-16,19H,4-14H2,1-3H3,(H,24,29). The van der Waals surface area contributed by atoms with Gasteiger partial charge in [-0.15, -0.1) is 11.3 Å². The third-order valence-corrected chi connectivity index (χ3v) is 7.92. The van der Waals surface area contributed by atoms with E-state index in [4.69, 9.17) is 0 Å². The number of hydrogen-bond donors (Lipinski definition) is 1. The largest absolute Gasteiger partial charge is 0.356 e. The maximum Gasteiger partial charge on any atom is 0.223 e. The molecule has 0 saturated carbocycles. The summed E-state index contributed by atoms with van der Waals surface area (Å²) in [7, 11) is 0. The number of carbonyl (C=O) groups excluding carboxylic acids is 1. The van der Waals surface area contributed by atoms with E-state index < -0.39 is 0 Å². The van der Waals surface area contributed by atoms with Crippen molar-refractivity contribution in [2.45, 2.75) is 52.9 Å². The number of fused-ring (bicyclic) bond motifs is 1. The molecule has 1 atom stereocenters. The van der Waals surface area contributed by atoms with Crippen molar-refractivity contribution in [3.63, 3.8) is 0 Å². The lowest BCUT2D eigenvalue weighted by Crippen LogP contribution is -2.42. The average Bonchev–Trinajstić information content (AvgIpc) is 3.05. The van der Waals surface area contributed by atoms with Crippen LogP contribution in [0, 0.1) is 25.7 Å². The molecule has 2 aromatic heterocycles. The Morgan fingerprint density at radius 2 is 2.00 bits per heavy atom. The minimum atomic E-state index is 0.124. The lowest BCUT2D eigenvalue weighted by atomic mass is 9.95. The van der Waals surface area contributed by atoms with Crippen LogP contribution in [0.1, 0.15) is 49.5 Å². The van der Waals surface area contributed by atoms with Crippen molar-refractivity contribution in [2.24, 2.45) is 11.8 Å².